The summed E-state index contributed by atoms with van der Waals surface area (Å²) in [6, 6.07) is 15.1. The number of aryl methyl sites for hydroxylation is 1. The number of amides is 1. The van der Waals surface area contributed by atoms with Crippen molar-refractivity contribution in [1.82, 2.24) is 4.72 Å². The quantitative estimate of drug-likeness (QED) is 0.829. The van der Waals surface area contributed by atoms with Gasteiger partial charge < -0.3 is 4.90 Å². The molecule has 2 aromatic rings. The van der Waals surface area contributed by atoms with Gasteiger partial charge >= 0.3 is 0 Å². The van der Waals surface area contributed by atoms with Gasteiger partial charge in [0.25, 0.3) is 0 Å². The first-order valence-corrected chi connectivity index (χ1v) is 10.8. The van der Waals surface area contributed by atoms with Crippen LogP contribution in [0.25, 0.3) is 0 Å². The Kier molecular flexibility index (Phi) is 5.97. The number of anilines is 1. The van der Waals surface area contributed by atoms with Gasteiger partial charge in [-0.25, -0.2) is 13.1 Å². The van der Waals surface area contributed by atoms with Crippen molar-refractivity contribution in [3.05, 3.63) is 59.7 Å². The van der Waals surface area contributed by atoms with Crippen LogP contribution in [-0.4, -0.2) is 27.4 Å². The highest BCUT2D eigenvalue weighted by atomic mass is 32.2. The Morgan fingerprint density at radius 3 is 2.63 bits per heavy atom. The molecule has 1 atom stereocenters. The molecule has 1 aliphatic heterocycles. The molecule has 0 saturated heterocycles. The smallest absolute Gasteiger partial charge is 0.240 e. The second kappa shape index (κ2) is 8.23. The Balaban J connectivity index is 1.69. The summed E-state index contributed by atoms with van der Waals surface area (Å²) in [5, 5.41) is 0. The molecule has 144 valence electrons. The predicted octanol–water partition coefficient (Wildman–Crippen LogP) is 3.14. The third kappa shape index (κ3) is 4.76. The van der Waals surface area contributed by atoms with Crippen molar-refractivity contribution >= 4 is 21.6 Å². The molecular weight excluding hydrogens is 360 g/mol. The lowest BCUT2D eigenvalue weighted by Crippen LogP contribution is -2.34. The number of benzene rings is 2. The van der Waals surface area contributed by atoms with Crippen molar-refractivity contribution in [3.63, 3.8) is 0 Å². The van der Waals surface area contributed by atoms with Crippen LogP contribution in [0, 0.1) is 5.92 Å². The fourth-order valence-electron chi connectivity index (χ4n) is 3.49. The molecule has 1 unspecified atom stereocenters. The van der Waals surface area contributed by atoms with Crippen molar-refractivity contribution in [2.75, 3.05) is 18.0 Å². The molecule has 3 rings (SSSR count). The predicted molar refractivity (Wildman–Crippen MR) is 107 cm³/mol. The summed E-state index contributed by atoms with van der Waals surface area (Å²) in [7, 11) is -3.57. The van der Waals surface area contributed by atoms with Gasteiger partial charge in [-0.05, 0) is 54.5 Å². The van der Waals surface area contributed by atoms with E-state index in [0.29, 0.717) is 13.1 Å². The van der Waals surface area contributed by atoms with Gasteiger partial charge in [-0.1, -0.05) is 37.3 Å². The fraction of sp³-hybridized carbons (Fsp3) is 0.381. The van der Waals surface area contributed by atoms with E-state index in [2.05, 4.69) is 16.9 Å². The van der Waals surface area contributed by atoms with Gasteiger partial charge in [0.05, 0.1) is 4.90 Å². The Labute approximate surface area is 161 Å². The number of carbonyl (C=O) groups is 1. The molecule has 0 saturated carbocycles. The van der Waals surface area contributed by atoms with E-state index in [0.717, 1.165) is 30.5 Å². The molecule has 1 heterocycles. The lowest BCUT2D eigenvalue weighted by atomic mass is 10.0. The highest BCUT2D eigenvalue weighted by Gasteiger charge is 2.23. The van der Waals surface area contributed by atoms with E-state index in [1.165, 1.54) is 12.5 Å². The summed E-state index contributed by atoms with van der Waals surface area (Å²) in [5.74, 6) is 0.174. The first kappa shape index (κ1) is 19.6. The second-order valence-corrected chi connectivity index (χ2v) is 8.98. The molecule has 0 aliphatic carbocycles. The molecule has 0 radical (unpaired) electrons. The van der Waals surface area contributed by atoms with Crippen LogP contribution in [0.5, 0.6) is 0 Å². The molecule has 0 fully saturated rings. The average molecular weight is 387 g/mol. The van der Waals surface area contributed by atoms with Gasteiger partial charge in [-0.15, -0.1) is 0 Å². The summed E-state index contributed by atoms with van der Waals surface area (Å²) < 4.78 is 28.1. The van der Waals surface area contributed by atoms with Crippen LogP contribution in [0.1, 0.15) is 31.4 Å². The number of sulfonamides is 1. The minimum Gasteiger partial charge on any atom is -0.312 e. The fourth-order valence-corrected chi connectivity index (χ4v) is 4.71. The highest BCUT2D eigenvalue weighted by molar-refractivity contribution is 7.89. The van der Waals surface area contributed by atoms with Gasteiger partial charge in [0, 0.05) is 25.7 Å². The normalized spacial score (nSPS) is 15.3. The Morgan fingerprint density at radius 2 is 1.93 bits per heavy atom. The van der Waals surface area contributed by atoms with E-state index in [4.69, 9.17) is 0 Å². The number of carbonyl (C=O) groups excluding carboxylic acids is 1. The maximum atomic E-state index is 12.7. The van der Waals surface area contributed by atoms with E-state index < -0.39 is 10.0 Å². The van der Waals surface area contributed by atoms with Crippen LogP contribution in [0.15, 0.2) is 53.4 Å². The van der Waals surface area contributed by atoms with Gasteiger partial charge in [-0.2, -0.15) is 0 Å². The van der Waals surface area contributed by atoms with E-state index in [1.54, 1.807) is 23.1 Å². The van der Waals surface area contributed by atoms with Crippen molar-refractivity contribution in [2.24, 2.45) is 5.92 Å². The van der Waals surface area contributed by atoms with Crippen LogP contribution >= 0.6 is 0 Å². The SMILES string of the molecule is CC(=O)N1CCCc2cc(S(=O)(=O)NCC(C)Cc3ccccc3)ccc21. The summed E-state index contributed by atoms with van der Waals surface area (Å²) in [5.41, 5.74) is 2.93. The molecule has 0 bridgehead atoms. The molecule has 1 amide bonds. The number of hydrogen-bond donors (Lipinski definition) is 1. The van der Waals surface area contributed by atoms with E-state index in [-0.39, 0.29) is 16.7 Å². The third-order valence-electron chi connectivity index (χ3n) is 4.91. The van der Waals surface area contributed by atoms with Crippen LogP contribution in [0.3, 0.4) is 0 Å². The lowest BCUT2D eigenvalue weighted by Gasteiger charge is -2.28. The molecule has 5 nitrogen and oxygen atoms in total. The largest absolute Gasteiger partial charge is 0.312 e. The van der Waals surface area contributed by atoms with E-state index in [1.807, 2.05) is 25.1 Å². The number of fused-ring (bicyclic) bond motifs is 1. The number of nitrogens with one attached hydrogen (secondary N) is 1. The highest BCUT2D eigenvalue weighted by Crippen LogP contribution is 2.29. The molecule has 27 heavy (non-hydrogen) atoms. The van der Waals surface area contributed by atoms with E-state index in [9.17, 15) is 13.2 Å². The third-order valence-corrected chi connectivity index (χ3v) is 6.33. The number of nitrogens with zero attached hydrogens (tertiary/aromatic N) is 1. The summed E-state index contributed by atoms with van der Waals surface area (Å²) in [6.45, 7) is 4.64. The first-order valence-electron chi connectivity index (χ1n) is 9.31. The molecule has 1 N–H and O–H groups in total. The minimum atomic E-state index is -3.57. The standard InChI is InChI=1S/C21H26N2O3S/c1-16(13-18-7-4-3-5-8-18)15-22-27(25,26)20-10-11-21-19(14-20)9-6-12-23(21)17(2)24/h3-5,7-8,10-11,14,16,22H,6,9,12-13,15H2,1-2H3. The number of rotatable bonds is 6. The zero-order valence-corrected chi connectivity index (χ0v) is 16.6. The zero-order chi connectivity index (χ0) is 19.4. The summed E-state index contributed by atoms with van der Waals surface area (Å²) >= 11 is 0. The van der Waals surface area contributed by atoms with Crippen LogP contribution in [0.2, 0.25) is 0 Å². The molecular formula is C21H26N2O3S. The van der Waals surface area contributed by atoms with Crippen molar-refractivity contribution in [3.8, 4) is 0 Å². The van der Waals surface area contributed by atoms with E-state index >= 15 is 0 Å². The second-order valence-electron chi connectivity index (χ2n) is 7.21. The summed E-state index contributed by atoms with van der Waals surface area (Å²) in [4.78, 5) is 13.7. The minimum absolute atomic E-state index is 0.0144. The van der Waals surface area contributed by atoms with Crippen LogP contribution in [0.4, 0.5) is 5.69 Å². The monoisotopic (exact) mass is 386 g/mol. The maximum absolute atomic E-state index is 12.7. The van der Waals surface area contributed by atoms with Gasteiger partial charge in [0.1, 0.15) is 0 Å². The molecule has 0 aromatic heterocycles. The first-order chi connectivity index (χ1) is 12.9. The van der Waals surface area contributed by atoms with Gasteiger partial charge in [0.15, 0.2) is 0 Å². The lowest BCUT2D eigenvalue weighted by molar-refractivity contribution is -0.116. The Morgan fingerprint density at radius 1 is 1.19 bits per heavy atom. The van der Waals surface area contributed by atoms with Gasteiger partial charge in [0.2, 0.25) is 15.9 Å². The summed E-state index contributed by atoms with van der Waals surface area (Å²) in [6.07, 6.45) is 2.45. The van der Waals surface area contributed by atoms with Crippen molar-refractivity contribution in [1.29, 1.82) is 0 Å². The molecule has 0 spiro atoms. The van der Waals surface area contributed by atoms with Crippen LogP contribution < -0.4 is 9.62 Å². The van der Waals surface area contributed by atoms with Crippen LogP contribution in [-0.2, 0) is 27.7 Å². The number of hydrogen-bond acceptors (Lipinski definition) is 3. The zero-order valence-electron chi connectivity index (χ0n) is 15.8. The van der Waals surface area contributed by atoms with Crippen molar-refractivity contribution < 1.29 is 13.2 Å². The maximum Gasteiger partial charge on any atom is 0.240 e. The van der Waals surface area contributed by atoms with Gasteiger partial charge in [-0.3, -0.25) is 4.79 Å². The van der Waals surface area contributed by atoms with Crippen molar-refractivity contribution in [2.45, 2.75) is 38.0 Å². The average Bonchev–Trinajstić information content (AvgIpc) is 2.66. The molecule has 1 aliphatic rings. The Hall–Kier alpha value is -2.18. The topological polar surface area (TPSA) is 66.5 Å². The molecule has 2 aromatic carbocycles. The molecule has 6 heteroatoms. The Bertz CT molecular complexity index is 910.